The SMILES string of the molecule is C#C[C@@]1(O)CC[C@H]2[C@@H]3CCc4c(cc5c(O)c4C[n+]4ccn(c4)Cc4cccc(n4)Cn4cc[n+](c4)Cc4c(O)c(cc6c4CC[C@@H]4[C@@H]6CC[C@@]6(C)[C@H]4CC[C@@]6(O)C#C)C[n+]4ccn(c4)Cc4cccc(n4)Cn4cc[n+](c4)C5)[C@H]3CC[C@@]21C. The number of pyridine rings is 2. The Kier molecular flexibility index (Phi) is 12.6. The third-order valence-electron chi connectivity index (χ3n) is 22.7. The highest BCUT2D eigenvalue weighted by atomic mass is 16.3. The van der Waals surface area contributed by atoms with Gasteiger partial charge in [0, 0.05) is 33.1 Å². The Morgan fingerprint density at radius 3 is 1.20 bits per heavy atom. The molecule has 14 nitrogen and oxygen atoms in total. The minimum absolute atomic E-state index is 0.300. The summed E-state index contributed by atoms with van der Waals surface area (Å²) >= 11 is 0. The molecule has 6 aromatic heterocycles. The lowest BCUT2D eigenvalue weighted by Crippen LogP contribution is -2.50. The quantitative estimate of drug-likeness (QED) is 0.0923. The molecule has 0 radical (unpaired) electrons. The van der Waals surface area contributed by atoms with Gasteiger partial charge < -0.3 is 20.4 Å². The van der Waals surface area contributed by atoms with Crippen LogP contribution in [0.5, 0.6) is 11.5 Å². The molecule has 4 saturated carbocycles. The summed E-state index contributed by atoms with van der Waals surface area (Å²) in [5.74, 6) is 8.64. The van der Waals surface area contributed by atoms with E-state index in [1.54, 1.807) is 0 Å². The van der Waals surface area contributed by atoms with Crippen molar-refractivity contribution in [2.45, 2.75) is 166 Å². The summed E-state index contributed by atoms with van der Waals surface area (Å²) in [7, 11) is 0. The van der Waals surface area contributed by atoms with Gasteiger partial charge in [-0.3, -0.25) is 0 Å². The van der Waals surface area contributed by atoms with Crippen LogP contribution in [0.4, 0.5) is 0 Å². The number of benzene rings is 2. The van der Waals surface area contributed by atoms with Crippen LogP contribution in [-0.2, 0) is 65.2 Å². The Hall–Kier alpha value is -7.78. The highest BCUT2D eigenvalue weighted by Gasteiger charge is 2.63. The number of phenols is 2. The van der Waals surface area contributed by atoms with Crippen molar-refractivity contribution in [1.29, 1.82) is 0 Å². The van der Waals surface area contributed by atoms with E-state index in [2.05, 4.69) is 186 Å². The molecule has 6 aliphatic carbocycles. The number of fused-ring (bicyclic) bond motifs is 28. The largest absolute Gasteiger partial charge is 0.507 e. The van der Waals surface area contributed by atoms with E-state index in [9.17, 15) is 20.4 Å². The van der Waals surface area contributed by atoms with Crippen molar-refractivity contribution < 1.29 is 38.7 Å². The van der Waals surface area contributed by atoms with E-state index in [1.165, 1.54) is 22.3 Å². The van der Waals surface area contributed by atoms with Gasteiger partial charge in [0.25, 0.3) is 0 Å². The number of nitrogens with zero attached hydrogens (tertiary/aromatic N) is 10. The first-order chi connectivity index (χ1) is 40.7. The average Bonchev–Trinajstić information content (AvgIpc) is 2.81. The van der Waals surface area contributed by atoms with Crippen molar-refractivity contribution in [1.82, 2.24) is 28.2 Å². The second kappa shape index (κ2) is 19.9. The van der Waals surface area contributed by atoms with Gasteiger partial charge in [-0.25, -0.2) is 46.5 Å². The van der Waals surface area contributed by atoms with E-state index >= 15 is 0 Å². The summed E-state index contributed by atoms with van der Waals surface area (Å²) < 4.78 is 17.4. The summed E-state index contributed by atoms with van der Waals surface area (Å²) in [5, 5.41) is 48.6. The van der Waals surface area contributed by atoms with Crippen LogP contribution in [0.3, 0.4) is 0 Å². The summed E-state index contributed by atoms with van der Waals surface area (Å²) in [5.41, 5.74) is 10.1. The summed E-state index contributed by atoms with van der Waals surface area (Å²) in [6, 6.07) is 17.2. The Bertz CT molecular complexity index is 3760. The number of hydrogen-bond acceptors (Lipinski definition) is 6. The molecular weight excluding hydrogens is 1040 g/mol. The zero-order chi connectivity index (χ0) is 57.3. The average molecular weight is 1120 g/mol. The third-order valence-corrected chi connectivity index (χ3v) is 22.7. The van der Waals surface area contributed by atoms with Gasteiger partial charge in [0.05, 0.1) is 22.8 Å². The Morgan fingerprint density at radius 2 is 0.845 bits per heavy atom. The van der Waals surface area contributed by atoms with Gasteiger partial charge in [-0.15, -0.1) is 12.8 Å². The maximum absolute atomic E-state index is 12.5. The molecule has 16 bridgehead atoms. The van der Waals surface area contributed by atoms with Crippen molar-refractivity contribution in [3.63, 3.8) is 0 Å². The lowest BCUT2D eigenvalue weighted by Gasteiger charge is -2.52. The molecule has 10 atom stereocenters. The van der Waals surface area contributed by atoms with Crippen LogP contribution in [-0.4, -0.2) is 59.9 Å². The molecule has 1 aliphatic heterocycles. The van der Waals surface area contributed by atoms with Crippen LogP contribution >= 0.6 is 0 Å². The van der Waals surface area contributed by atoms with Crippen molar-refractivity contribution in [3.8, 4) is 36.2 Å². The number of hydrogen-bond donors (Lipinski definition) is 4. The number of aromatic hydroxyl groups is 2. The van der Waals surface area contributed by atoms with E-state index in [4.69, 9.17) is 22.8 Å². The fourth-order valence-electron chi connectivity index (χ4n) is 18.2. The van der Waals surface area contributed by atoms with Gasteiger partial charge in [-0.1, -0.05) is 37.8 Å². The number of imidazole rings is 4. The molecule has 15 rings (SSSR count). The Balaban J connectivity index is 0.767. The minimum atomic E-state index is -1.07. The smallest absolute Gasteiger partial charge is 0.244 e. The van der Waals surface area contributed by atoms with E-state index in [-0.39, 0.29) is 10.8 Å². The van der Waals surface area contributed by atoms with Crippen LogP contribution in [0.15, 0.2) is 123 Å². The molecule has 0 amide bonds. The first kappa shape index (κ1) is 53.0. The second-order valence-electron chi connectivity index (χ2n) is 27.0. The Labute approximate surface area is 492 Å². The lowest BCUT2D eigenvalue weighted by molar-refractivity contribution is -0.689. The predicted molar refractivity (Wildman–Crippen MR) is 313 cm³/mol. The standard InChI is InChI=1S/C70H76N10O4/c1-5-69(83)23-19-63-57-15-13-53-59(55(57)17-21-67(63,69)3)33-47-35-73-25-27-75(43-73)37-49-9-7-10-50(71-49)38-76-28-26-74(44-76)36-48-34-60-54(14-16-58-56(60)18-22-68(4)64(58)20-24-70(68,84)6-2)62(66(48)82)42-80-32-30-78(46-80)40-52-12-8-11-51(72-52)39-77-29-31-79(45-77)41-61(53)65(47)81/h1-2,7-12,25-34,43-46,55-58,63-64,83-84H,13-24,35-42H2,3-4H3/q+2/p+2/t55-,56-,57+,58+,63-,64-,67-,68-,69-,70+/m0/s1. The molecule has 0 spiro atoms. The highest BCUT2D eigenvalue weighted by molar-refractivity contribution is 5.54. The zero-order valence-electron chi connectivity index (χ0n) is 48.6. The second-order valence-corrected chi connectivity index (χ2v) is 27.0. The number of terminal acetylenes is 2. The molecule has 8 aromatic rings. The fourth-order valence-corrected chi connectivity index (χ4v) is 18.2. The summed E-state index contributed by atoms with van der Waals surface area (Å²) in [4.78, 5) is 10.3. The molecule has 0 unspecified atom stereocenters. The van der Waals surface area contributed by atoms with Crippen LogP contribution < -0.4 is 18.3 Å². The molecule has 84 heavy (non-hydrogen) atoms. The number of aromatic nitrogens is 10. The van der Waals surface area contributed by atoms with E-state index in [1.807, 2.05) is 0 Å². The number of phenolic OH excluding ortho intramolecular Hbond substituents is 2. The molecule has 7 aliphatic rings. The van der Waals surface area contributed by atoms with Crippen LogP contribution in [0.1, 0.15) is 157 Å². The predicted octanol–water partition coefficient (Wildman–Crippen LogP) is 7.38. The molecule has 428 valence electrons. The van der Waals surface area contributed by atoms with Gasteiger partial charge >= 0.3 is 0 Å². The molecule has 7 heterocycles. The lowest BCUT2D eigenvalue weighted by atomic mass is 9.53. The molecule has 2 aromatic carbocycles. The van der Waals surface area contributed by atoms with Crippen LogP contribution in [0.2, 0.25) is 0 Å². The van der Waals surface area contributed by atoms with Gasteiger partial charge in [0.2, 0.25) is 25.3 Å². The Morgan fingerprint density at radius 1 is 0.488 bits per heavy atom. The third kappa shape index (κ3) is 8.67. The fraction of sp³-hybridized carbons (Fsp3) is 0.457. The first-order valence-electron chi connectivity index (χ1n) is 30.9. The summed E-state index contributed by atoms with van der Waals surface area (Å²) in [6.07, 6.45) is 48.1. The van der Waals surface area contributed by atoms with Gasteiger partial charge in [0.15, 0.2) is 0 Å². The molecular formula is C70H78N10O4+4. The normalized spacial score (nSPS) is 29.7. The molecule has 4 N–H and O–H groups in total. The maximum Gasteiger partial charge on any atom is 0.244 e. The van der Waals surface area contributed by atoms with Crippen LogP contribution in [0, 0.1) is 59.2 Å². The molecule has 14 heteroatoms. The van der Waals surface area contributed by atoms with Crippen molar-refractivity contribution in [2.75, 3.05) is 0 Å². The van der Waals surface area contributed by atoms with Crippen molar-refractivity contribution >= 4 is 0 Å². The highest BCUT2D eigenvalue weighted by Crippen LogP contribution is 2.66. The molecule has 0 saturated heterocycles. The van der Waals surface area contributed by atoms with Crippen molar-refractivity contribution in [3.05, 3.63) is 191 Å². The maximum atomic E-state index is 12.5. The zero-order valence-corrected chi connectivity index (χ0v) is 48.6. The van der Waals surface area contributed by atoms with Crippen LogP contribution in [0.25, 0.3) is 0 Å². The minimum Gasteiger partial charge on any atom is -0.507 e. The summed E-state index contributed by atoms with van der Waals surface area (Å²) in [6.45, 7) is 8.94. The number of rotatable bonds is 0. The molecule has 4 fully saturated rings. The topological polar surface area (TPSA) is 142 Å². The first-order valence-corrected chi connectivity index (χ1v) is 30.9. The van der Waals surface area contributed by atoms with Gasteiger partial charge in [-0.2, -0.15) is 0 Å². The number of aliphatic hydroxyl groups is 2. The monoisotopic (exact) mass is 1120 g/mol. The van der Waals surface area contributed by atoms with E-state index in [0.717, 1.165) is 109 Å². The van der Waals surface area contributed by atoms with Crippen molar-refractivity contribution in [2.24, 2.45) is 34.5 Å². The van der Waals surface area contributed by atoms with E-state index in [0.29, 0.717) is 112 Å². The van der Waals surface area contributed by atoms with Gasteiger partial charge in [-0.05, 0) is 171 Å². The van der Waals surface area contributed by atoms with Gasteiger partial charge in [0.1, 0.15) is 125 Å². The van der Waals surface area contributed by atoms with E-state index < -0.39 is 11.2 Å².